The van der Waals surface area contributed by atoms with Crippen LogP contribution in [0.15, 0.2) is 23.8 Å². The van der Waals surface area contributed by atoms with Gasteiger partial charge in [0.2, 0.25) is 5.91 Å². The Bertz CT molecular complexity index is 659. The Morgan fingerprint density at radius 2 is 2.33 bits per heavy atom. The Kier molecular flexibility index (Phi) is 3.84. The predicted molar refractivity (Wildman–Crippen MR) is 87.6 cm³/mol. The van der Waals surface area contributed by atoms with Crippen LogP contribution in [0.25, 0.3) is 0 Å². The molecular weight excluding hydrogens is 302 g/mol. The molecule has 1 aliphatic rings. The number of fused-ring (bicyclic) bond motifs is 1. The van der Waals surface area contributed by atoms with Crippen molar-refractivity contribution in [3.8, 4) is 0 Å². The number of carbonyl (C=O) groups is 1. The largest absolute Gasteiger partial charge is 0.346 e. The number of aromatic nitrogens is 2. The van der Waals surface area contributed by atoms with E-state index in [0.29, 0.717) is 0 Å². The second-order valence-corrected chi connectivity index (χ2v) is 8.03. The Hall–Kier alpha value is -1.27. The Labute approximate surface area is 132 Å². The number of aryl methyl sites for hydroxylation is 2. The first kappa shape index (κ1) is 14.7. The van der Waals surface area contributed by atoms with Crippen LogP contribution in [0, 0.1) is 0 Å². The minimum Gasteiger partial charge on any atom is -0.346 e. The van der Waals surface area contributed by atoms with Crippen molar-refractivity contribution >= 4 is 29.0 Å². The van der Waals surface area contributed by atoms with Crippen molar-refractivity contribution in [3.05, 3.63) is 39.8 Å². The first-order valence-electron chi connectivity index (χ1n) is 6.96. The van der Waals surface area contributed by atoms with Crippen molar-refractivity contribution in [2.75, 3.05) is 5.75 Å². The summed E-state index contributed by atoms with van der Waals surface area (Å²) < 4.78 is 1.76. The van der Waals surface area contributed by atoms with Crippen molar-refractivity contribution in [3.63, 3.8) is 0 Å². The van der Waals surface area contributed by atoms with Crippen LogP contribution in [0.5, 0.6) is 0 Å². The van der Waals surface area contributed by atoms with Gasteiger partial charge in [0, 0.05) is 23.7 Å². The van der Waals surface area contributed by atoms with Gasteiger partial charge in [0.15, 0.2) is 0 Å². The van der Waals surface area contributed by atoms with Gasteiger partial charge in [-0.2, -0.15) is 5.10 Å². The quantitative estimate of drug-likeness (QED) is 0.945. The summed E-state index contributed by atoms with van der Waals surface area (Å²) in [4.78, 5) is 14.1. The molecule has 112 valence electrons. The van der Waals surface area contributed by atoms with E-state index in [1.807, 2.05) is 33.3 Å². The number of nitrogens with zero attached hydrogens (tertiary/aromatic N) is 2. The van der Waals surface area contributed by atoms with Crippen LogP contribution in [-0.4, -0.2) is 21.4 Å². The van der Waals surface area contributed by atoms with E-state index in [4.69, 9.17) is 0 Å². The molecule has 1 amide bonds. The lowest BCUT2D eigenvalue weighted by Crippen LogP contribution is -2.43. The van der Waals surface area contributed by atoms with E-state index in [9.17, 15) is 4.79 Å². The van der Waals surface area contributed by atoms with Crippen LogP contribution >= 0.6 is 23.1 Å². The molecule has 1 aliphatic heterocycles. The summed E-state index contributed by atoms with van der Waals surface area (Å²) >= 11 is 3.49. The molecule has 1 N–H and O–H groups in total. The summed E-state index contributed by atoms with van der Waals surface area (Å²) in [5, 5.41) is 9.37. The molecule has 3 rings (SSSR count). The minimum absolute atomic E-state index is 0.0871. The molecule has 0 spiro atoms. The third kappa shape index (κ3) is 2.87. The Balaban J connectivity index is 1.78. The number of hydrogen-bond donors (Lipinski definition) is 1. The van der Waals surface area contributed by atoms with Gasteiger partial charge in [-0.15, -0.1) is 23.1 Å². The summed E-state index contributed by atoms with van der Waals surface area (Å²) in [7, 11) is 1.88. The second kappa shape index (κ2) is 5.50. The highest BCUT2D eigenvalue weighted by Gasteiger charge is 2.32. The summed E-state index contributed by atoms with van der Waals surface area (Å²) in [5.41, 5.74) is 1.79. The zero-order valence-corrected chi connectivity index (χ0v) is 14.1. The molecule has 2 aromatic heterocycles. The molecule has 3 heterocycles. The summed E-state index contributed by atoms with van der Waals surface area (Å²) in [6, 6.07) is 2.09. The van der Waals surface area contributed by atoms with Crippen molar-refractivity contribution in [2.24, 2.45) is 7.05 Å². The molecule has 21 heavy (non-hydrogen) atoms. The fraction of sp³-hybridized carbons (Fsp3) is 0.467. The third-order valence-corrected chi connectivity index (χ3v) is 6.01. The molecule has 6 heteroatoms. The molecule has 0 aliphatic carbocycles. The first-order chi connectivity index (χ1) is 9.97. The van der Waals surface area contributed by atoms with E-state index in [-0.39, 0.29) is 11.2 Å². The summed E-state index contributed by atoms with van der Waals surface area (Å²) in [6.07, 6.45) is 4.84. The zero-order chi connectivity index (χ0) is 15.0. The molecule has 2 aromatic rings. The van der Waals surface area contributed by atoms with Crippen molar-refractivity contribution in [2.45, 2.75) is 31.1 Å². The van der Waals surface area contributed by atoms with Gasteiger partial charge in [-0.25, -0.2) is 0 Å². The summed E-state index contributed by atoms with van der Waals surface area (Å²) in [5.74, 6) is 1.10. The summed E-state index contributed by atoms with van der Waals surface area (Å²) in [6.45, 7) is 4.04. The van der Waals surface area contributed by atoms with Crippen molar-refractivity contribution in [1.82, 2.24) is 15.1 Å². The van der Waals surface area contributed by atoms with Crippen molar-refractivity contribution < 1.29 is 4.79 Å². The molecule has 0 fully saturated rings. The van der Waals surface area contributed by atoms with Crippen molar-refractivity contribution in [1.29, 1.82) is 0 Å². The topological polar surface area (TPSA) is 46.9 Å². The average Bonchev–Trinajstić information content (AvgIpc) is 3.05. The monoisotopic (exact) mass is 321 g/mol. The Morgan fingerprint density at radius 1 is 1.52 bits per heavy atom. The number of nitrogens with one attached hydrogen (secondary N) is 1. The number of amides is 1. The Morgan fingerprint density at radius 3 is 3.05 bits per heavy atom. The van der Waals surface area contributed by atoms with Gasteiger partial charge in [0.05, 0.1) is 11.7 Å². The highest BCUT2D eigenvalue weighted by atomic mass is 32.2. The number of thioether (sulfide) groups is 1. The molecule has 4 nitrogen and oxygen atoms in total. The van der Waals surface area contributed by atoms with E-state index < -0.39 is 5.54 Å². The molecule has 0 saturated carbocycles. The van der Waals surface area contributed by atoms with Gasteiger partial charge in [0.25, 0.3) is 0 Å². The second-order valence-electron chi connectivity index (χ2n) is 5.82. The molecule has 0 radical (unpaired) electrons. The number of carbonyl (C=O) groups excluding carboxylic acids is 1. The maximum Gasteiger partial charge on any atom is 0.238 e. The maximum atomic E-state index is 12.7. The SMILES string of the molecule is Cn1cc(C(C)(C)NC(=O)C2SCCc3sccc32)cn1. The molecule has 0 bridgehead atoms. The van der Waals surface area contributed by atoms with Crippen LogP contribution in [-0.2, 0) is 23.8 Å². The van der Waals surface area contributed by atoms with Gasteiger partial charge >= 0.3 is 0 Å². The molecular formula is C15H19N3OS2. The molecule has 0 aromatic carbocycles. The first-order valence-corrected chi connectivity index (χ1v) is 8.89. The van der Waals surface area contributed by atoms with E-state index in [1.54, 1.807) is 27.8 Å². The predicted octanol–water partition coefficient (Wildman–Crippen LogP) is 2.86. The standard InChI is InChI=1S/C15H19N3OS2/c1-15(2,10-8-16-18(3)9-10)17-14(19)13-11-4-6-20-12(11)5-7-21-13/h4,6,8-9,13H,5,7H2,1-3H3,(H,17,19). The fourth-order valence-electron chi connectivity index (χ4n) is 2.55. The van der Waals surface area contributed by atoms with E-state index in [1.165, 1.54) is 10.4 Å². The minimum atomic E-state index is -0.417. The molecule has 0 saturated heterocycles. The maximum absolute atomic E-state index is 12.7. The van der Waals surface area contributed by atoms with Crippen LogP contribution in [0.3, 0.4) is 0 Å². The number of hydrogen-bond acceptors (Lipinski definition) is 4. The van der Waals surface area contributed by atoms with E-state index >= 15 is 0 Å². The van der Waals surface area contributed by atoms with Gasteiger partial charge in [0.1, 0.15) is 5.25 Å². The lowest BCUT2D eigenvalue weighted by atomic mass is 9.97. The lowest BCUT2D eigenvalue weighted by Gasteiger charge is -2.29. The lowest BCUT2D eigenvalue weighted by molar-refractivity contribution is -0.122. The van der Waals surface area contributed by atoms with Gasteiger partial charge in [-0.05, 0) is 43.0 Å². The van der Waals surface area contributed by atoms with Gasteiger partial charge < -0.3 is 5.32 Å². The van der Waals surface area contributed by atoms with Gasteiger partial charge in [-0.3, -0.25) is 9.48 Å². The normalized spacial score (nSPS) is 18.3. The fourth-order valence-corrected chi connectivity index (χ4v) is 4.85. The number of rotatable bonds is 3. The van der Waals surface area contributed by atoms with Crippen LogP contribution < -0.4 is 5.32 Å². The number of thiophene rings is 1. The average molecular weight is 321 g/mol. The molecule has 1 unspecified atom stereocenters. The highest BCUT2D eigenvalue weighted by Crippen LogP contribution is 2.40. The van der Waals surface area contributed by atoms with E-state index in [0.717, 1.165) is 17.7 Å². The van der Waals surface area contributed by atoms with Crippen LogP contribution in [0.1, 0.15) is 35.1 Å². The smallest absolute Gasteiger partial charge is 0.238 e. The third-order valence-electron chi connectivity index (χ3n) is 3.78. The highest BCUT2D eigenvalue weighted by molar-refractivity contribution is 8.00. The van der Waals surface area contributed by atoms with Gasteiger partial charge in [-0.1, -0.05) is 0 Å². The molecule has 1 atom stereocenters. The zero-order valence-electron chi connectivity index (χ0n) is 12.4. The van der Waals surface area contributed by atoms with Crippen LogP contribution in [0.4, 0.5) is 0 Å². The van der Waals surface area contributed by atoms with E-state index in [2.05, 4.69) is 21.9 Å². The van der Waals surface area contributed by atoms with Crippen LogP contribution in [0.2, 0.25) is 0 Å².